The van der Waals surface area contributed by atoms with Gasteiger partial charge in [0, 0.05) is 19.7 Å². The molecule has 1 heterocycles. The maximum Gasteiger partial charge on any atom is 0.266 e. The molecule has 3 rings (SSSR count). The van der Waals surface area contributed by atoms with Crippen molar-refractivity contribution >= 4 is 60.8 Å². The molecule has 8 heteroatoms. The molecule has 0 saturated carbocycles. The lowest BCUT2D eigenvalue weighted by Gasteiger charge is -2.12. The van der Waals surface area contributed by atoms with Gasteiger partial charge in [-0.1, -0.05) is 18.2 Å². The maximum atomic E-state index is 12.3. The molecular formula is C20H15Br2N3O2S. The minimum Gasteiger partial charge on any atom is -0.486 e. The van der Waals surface area contributed by atoms with Gasteiger partial charge in [0.25, 0.3) is 5.91 Å². The Morgan fingerprint density at radius 2 is 1.96 bits per heavy atom. The maximum absolute atomic E-state index is 12.3. The molecule has 2 aromatic rings. The minimum atomic E-state index is -0.0775. The lowest BCUT2D eigenvalue weighted by Crippen LogP contribution is -2.23. The SMILES string of the molecule is CN=C1S/C(=C/c2cc(Br)c(OCc3ccccc3C#N)c(Br)c2)C(=O)N1C. The molecule has 1 amide bonds. The third-order valence-corrected chi connectivity index (χ3v) is 6.35. The number of amides is 1. The van der Waals surface area contributed by atoms with Gasteiger partial charge in [0.1, 0.15) is 12.4 Å². The number of likely N-dealkylation sites (N-methyl/N-ethyl adjacent to an activating group) is 1. The number of hydrogen-bond donors (Lipinski definition) is 0. The van der Waals surface area contributed by atoms with Crippen LogP contribution < -0.4 is 4.74 Å². The van der Waals surface area contributed by atoms with Crippen molar-refractivity contribution in [1.82, 2.24) is 4.90 Å². The van der Waals surface area contributed by atoms with Crippen LogP contribution >= 0.6 is 43.6 Å². The van der Waals surface area contributed by atoms with Crippen molar-refractivity contribution in [3.63, 3.8) is 0 Å². The minimum absolute atomic E-state index is 0.0775. The Hall–Kier alpha value is -2.08. The average Bonchev–Trinajstić information content (AvgIpc) is 2.95. The highest BCUT2D eigenvalue weighted by Gasteiger charge is 2.29. The smallest absolute Gasteiger partial charge is 0.266 e. The van der Waals surface area contributed by atoms with Crippen LogP contribution in [0.25, 0.3) is 6.08 Å². The standard InChI is InChI=1S/C20H15Br2N3O2S/c1-24-20-25(2)19(26)17(28-20)9-12-7-15(21)18(16(22)8-12)27-11-14-6-4-3-5-13(14)10-23/h3-9H,11H2,1-2H3/b17-9+,24-20?. The number of nitriles is 1. The van der Waals surface area contributed by atoms with Crippen LogP contribution in [0.4, 0.5) is 0 Å². The van der Waals surface area contributed by atoms with Crippen LogP contribution in [0, 0.1) is 11.3 Å². The molecule has 0 spiro atoms. The number of aliphatic imine (C=N–C) groups is 1. The fourth-order valence-electron chi connectivity index (χ4n) is 2.61. The van der Waals surface area contributed by atoms with E-state index < -0.39 is 0 Å². The Kier molecular flexibility index (Phi) is 6.60. The van der Waals surface area contributed by atoms with Crippen LogP contribution in [-0.4, -0.2) is 30.1 Å². The van der Waals surface area contributed by atoms with E-state index >= 15 is 0 Å². The van der Waals surface area contributed by atoms with Gasteiger partial charge in [0.15, 0.2) is 5.17 Å². The summed E-state index contributed by atoms with van der Waals surface area (Å²) in [6.07, 6.45) is 1.83. The Morgan fingerprint density at radius 3 is 2.57 bits per heavy atom. The van der Waals surface area contributed by atoms with Gasteiger partial charge in [-0.15, -0.1) is 0 Å². The molecule has 5 nitrogen and oxygen atoms in total. The van der Waals surface area contributed by atoms with E-state index in [1.807, 2.05) is 36.4 Å². The number of thioether (sulfide) groups is 1. The quantitative estimate of drug-likeness (QED) is 0.520. The monoisotopic (exact) mass is 519 g/mol. The lowest BCUT2D eigenvalue weighted by molar-refractivity contribution is -0.121. The number of halogens is 2. The van der Waals surface area contributed by atoms with Crippen LogP contribution in [0.1, 0.15) is 16.7 Å². The topological polar surface area (TPSA) is 65.7 Å². The summed E-state index contributed by atoms with van der Waals surface area (Å²) in [6.45, 7) is 0.275. The van der Waals surface area contributed by atoms with Gasteiger partial charge in [-0.2, -0.15) is 5.26 Å². The number of benzene rings is 2. The largest absolute Gasteiger partial charge is 0.486 e. The second-order valence-electron chi connectivity index (χ2n) is 5.85. The first kappa shape index (κ1) is 20.6. The van der Waals surface area contributed by atoms with Gasteiger partial charge in [0.05, 0.1) is 25.5 Å². The third kappa shape index (κ3) is 4.32. The number of ether oxygens (including phenoxy) is 1. The molecule has 0 aliphatic carbocycles. The molecule has 0 N–H and O–H groups in total. The molecule has 0 atom stereocenters. The molecule has 1 aliphatic heterocycles. The van der Waals surface area contributed by atoms with Gasteiger partial charge in [-0.05, 0) is 73.5 Å². The van der Waals surface area contributed by atoms with Crippen LogP contribution in [0.15, 0.2) is 55.2 Å². The fourth-order valence-corrected chi connectivity index (χ4v) is 4.98. The molecular weight excluding hydrogens is 506 g/mol. The second kappa shape index (κ2) is 8.95. The molecule has 1 aliphatic rings. The van der Waals surface area contributed by atoms with Gasteiger partial charge in [-0.25, -0.2) is 0 Å². The molecule has 2 aromatic carbocycles. The van der Waals surface area contributed by atoms with Crippen molar-refractivity contribution in [3.8, 4) is 11.8 Å². The summed E-state index contributed by atoms with van der Waals surface area (Å²) in [4.78, 5) is 18.6. The zero-order chi connectivity index (χ0) is 20.3. The first-order chi connectivity index (χ1) is 13.4. The highest BCUT2D eigenvalue weighted by molar-refractivity contribution is 9.11. The van der Waals surface area contributed by atoms with Crippen molar-refractivity contribution < 1.29 is 9.53 Å². The van der Waals surface area contributed by atoms with Crippen molar-refractivity contribution in [2.24, 2.45) is 4.99 Å². The first-order valence-corrected chi connectivity index (χ1v) is 10.6. The number of hydrogen-bond acceptors (Lipinski definition) is 5. The number of rotatable bonds is 4. The lowest BCUT2D eigenvalue weighted by atomic mass is 10.1. The van der Waals surface area contributed by atoms with Crippen molar-refractivity contribution in [3.05, 3.63) is 66.9 Å². The summed E-state index contributed by atoms with van der Waals surface area (Å²) in [7, 11) is 3.37. The number of nitrogens with zero attached hydrogens (tertiary/aromatic N) is 3. The summed E-state index contributed by atoms with van der Waals surface area (Å²) >= 11 is 8.41. The number of carbonyl (C=O) groups is 1. The Bertz CT molecular complexity index is 1020. The zero-order valence-electron chi connectivity index (χ0n) is 15.1. The van der Waals surface area contributed by atoms with E-state index in [-0.39, 0.29) is 12.5 Å². The van der Waals surface area contributed by atoms with Crippen molar-refractivity contribution in [2.75, 3.05) is 14.1 Å². The van der Waals surface area contributed by atoms with E-state index in [0.717, 1.165) is 20.1 Å². The summed E-state index contributed by atoms with van der Waals surface area (Å²) in [5.41, 5.74) is 2.26. The predicted octanol–water partition coefficient (Wildman–Crippen LogP) is 5.19. The predicted molar refractivity (Wildman–Crippen MR) is 119 cm³/mol. The van der Waals surface area contributed by atoms with E-state index in [9.17, 15) is 10.1 Å². The molecule has 28 heavy (non-hydrogen) atoms. The molecule has 0 radical (unpaired) electrons. The van der Waals surface area contributed by atoms with E-state index in [1.54, 1.807) is 20.2 Å². The van der Waals surface area contributed by atoms with Crippen LogP contribution in [0.5, 0.6) is 5.75 Å². The fraction of sp³-hybridized carbons (Fsp3) is 0.150. The normalized spacial score (nSPS) is 16.7. The van der Waals surface area contributed by atoms with E-state index in [1.165, 1.54) is 16.7 Å². The summed E-state index contributed by atoms with van der Waals surface area (Å²) < 4.78 is 7.42. The second-order valence-corrected chi connectivity index (χ2v) is 8.57. The van der Waals surface area contributed by atoms with E-state index in [0.29, 0.717) is 21.4 Å². The van der Waals surface area contributed by atoms with Crippen molar-refractivity contribution in [2.45, 2.75) is 6.61 Å². The molecule has 142 valence electrons. The third-order valence-electron chi connectivity index (χ3n) is 4.02. The van der Waals surface area contributed by atoms with Gasteiger partial charge in [-0.3, -0.25) is 14.7 Å². The van der Waals surface area contributed by atoms with Crippen LogP contribution in [0.2, 0.25) is 0 Å². The molecule has 1 saturated heterocycles. The van der Waals surface area contributed by atoms with Gasteiger partial charge >= 0.3 is 0 Å². The zero-order valence-corrected chi connectivity index (χ0v) is 19.1. The van der Waals surface area contributed by atoms with Crippen LogP contribution in [0.3, 0.4) is 0 Å². The number of amidine groups is 1. The summed E-state index contributed by atoms with van der Waals surface area (Å²) in [5.74, 6) is 0.555. The van der Waals surface area contributed by atoms with Crippen LogP contribution in [-0.2, 0) is 11.4 Å². The molecule has 0 bridgehead atoms. The Balaban J connectivity index is 1.83. The van der Waals surface area contributed by atoms with E-state index in [2.05, 4.69) is 42.9 Å². The molecule has 1 fully saturated rings. The number of carbonyl (C=O) groups excluding carboxylic acids is 1. The van der Waals surface area contributed by atoms with Crippen molar-refractivity contribution in [1.29, 1.82) is 5.26 Å². The summed E-state index contributed by atoms with van der Waals surface area (Å²) in [5, 5.41) is 9.87. The molecule has 0 aromatic heterocycles. The van der Waals surface area contributed by atoms with Gasteiger partial charge in [0.2, 0.25) is 0 Å². The highest BCUT2D eigenvalue weighted by atomic mass is 79.9. The van der Waals surface area contributed by atoms with Gasteiger partial charge < -0.3 is 4.74 Å². The summed E-state index contributed by atoms with van der Waals surface area (Å²) in [6, 6.07) is 13.3. The van der Waals surface area contributed by atoms with E-state index in [4.69, 9.17) is 4.74 Å². The highest BCUT2D eigenvalue weighted by Crippen LogP contribution is 2.38. The Morgan fingerprint density at radius 1 is 1.29 bits per heavy atom. The Labute approximate surface area is 184 Å². The molecule has 0 unspecified atom stereocenters. The first-order valence-electron chi connectivity index (χ1n) is 8.18. The average molecular weight is 521 g/mol.